The Morgan fingerprint density at radius 2 is 2.18 bits per heavy atom. The Morgan fingerprint density at radius 3 is 2.76 bits per heavy atom. The largest absolute Gasteiger partial charge is 0.481 e. The lowest BCUT2D eigenvalue weighted by atomic mass is 9.92. The first-order valence-electron chi connectivity index (χ1n) is 6.22. The van der Waals surface area contributed by atoms with Crippen LogP contribution in [0.25, 0.3) is 0 Å². The summed E-state index contributed by atoms with van der Waals surface area (Å²) in [5, 5.41) is 11.8. The lowest BCUT2D eigenvalue weighted by Gasteiger charge is -2.32. The first kappa shape index (κ1) is 14.0. The maximum absolute atomic E-state index is 12.1. The summed E-state index contributed by atoms with van der Waals surface area (Å²) < 4.78 is 0. The fourth-order valence-electron chi connectivity index (χ4n) is 2.20. The minimum Gasteiger partial charge on any atom is -0.481 e. The van der Waals surface area contributed by atoms with Gasteiger partial charge in [-0.2, -0.15) is 0 Å². The molecule has 1 aliphatic heterocycles. The third-order valence-corrected chi connectivity index (χ3v) is 3.30. The molecule has 5 nitrogen and oxygen atoms in total. The molecule has 1 rings (SSSR count). The molecule has 2 unspecified atom stereocenters. The van der Waals surface area contributed by atoms with Crippen LogP contribution >= 0.6 is 0 Å². The number of amides is 1. The van der Waals surface area contributed by atoms with E-state index in [9.17, 15) is 9.59 Å². The third-order valence-electron chi connectivity index (χ3n) is 3.30. The number of carboxylic acid groups (broad SMARTS) is 1. The van der Waals surface area contributed by atoms with Gasteiger partial charge in [0.05, 0.1) is 6.04 Å². The van der Waals surface area contributed by atoms with Crippen molar-refractivity contribution in [2.45, 2.75) is 38.6 Å². The van der Waals surface area contributed by atoms with Gasteiger partial charge < -0.3 is 15.3 Å². The van der Waals surface area contributed by atoms with Gasteiger partial charge in [0.25, 0.3) is 0 Å². The zero-order chi connectivity index (χ0) is 12.8. The summed E-state index contributed by atoms with van der Waals surface area (Å²) in [4.78, 5) is 24.1. The summed E-state index contributed by atoms with van der Waals surface area (Å²) in [5.74, 6) is -0.365. The summed E-state index contributed by atoms with van der Waals surface area (Å²) in [6.45, 7) is 3.49. The summed E-state index contributed by atoms with van der Waals surface area (Å²) in [7, 11) is 1.74. The first-order valence-corrected chi connectivity index (χ1v) is 6.22. The molecule has 0 aliphatic carbocycles. The van der Waals surface area contributed by atoms with Gasteiger partial charge in [-0.3, -0.25) is 9.59 Å². The predicted molar refractivity (Wildman–Crippen MR) is 64.7 cm³/mol. The fourth-order valence-corrected chi connectivity index (χ4v) is 2.20. The van der Waals surface area contributed by atoms with Gasteiger partial charge in [0.15, 0.2) is 0 Å². The number of carbonyl (C=O) groups is 2. The molecule has 0 bridgehead atoms. The molecule has 0 spiro atoms. The van der Waals surface area contributed by atoms with Crippen molar-refractivity contribution in [2.75, 3.05) is 20.1 Å². The van der Waals surface area contributed by atoms with E-state index in [2.05, 4.69) is 12.2 Å². The van der Waals surface area contributed by atoms with Crippen molar-refractivity contribution in [2.24, 2.45) is 5.92 Å². The Hall–Kier alpha value is -1.10. The molecule has 1 fully saturated rings. The molecular weight excluding hydrogens is 220 g/mol. The molecule has 5 heteroatoms. The van der Waals surface area contributed by atoms with E-state index >= 15 is 0 Å². The number of aliphatic carboxylic acids is 1. The van der Waals surface area contributed by atoms with Crippen molar-refractivity contribution in [1.29, 1.82) is 0 Å². The summed E-state index contributed by atoms with van der Waals surface area (Å²) in [5.41, 5.74) is 0. The van der Waals surface area contributed by atoms with Crippen molar-refractivity contribution >= 4 is 11.9 Å². The van der Waals surface area contributed by atoms with Gasteiger partial charge in [0, 0.05) is 20.0 Å². The molecule has 1 heterocycles. The number of likely N-dealkylation sites (N-methyl/N-ethyl adjacent to an activating group) is 1. The van der Waals surface area contributed by atoms with E-state index in [-0.39, 0.29) is 18.4 Å². The Bertz CT molecular complexity index is 281. The Morgan fingerprint density at radius 1 is 1.47 bits per heavy atom. The number of hydrogen-bond acceptors (Lipinski definition) is 3. The smallest absolute Gasteiger partial charge is 0.303 e. The van der Waals surface area contributed by atoms with Crippen LogP contribution in [-0.4, -0.2) is 48.1 Å². The van der Waals surface area contributed by atoms with E-state index in [1.54, 1.807) is 11.9 Å². The second kappa shape index (κ2) is 6.59. The number of nitrogens with one attached hydrogen (secondary N) is 1. The van der Waals surface area contributed by atoms with Crippen LogP contribution < -0.4 is 5.32 Å². The maximum atomic E-state index is 12.1. The number of carboxylic acids is 1. The fraction of sp³-hybridized carbons (Fsp3) is 0.833. The second-order valence-electron chi connectivity index (χ2n) is 4.81. The predicted octanol–water partition coefficient (Wildman–Crippen LogP) is 0.698. The van der Waals surface area contributed by atoms with Gasteiger partial charge in [-0.15, -0.1) is 0 Å². The third kappa shape index (κ3) is 4.34. The highest BCUT2D eigenvalue weighted by molar-refractivity contribution is 5.82. The normalized spacial score (nSPS) is 24.4. The average molecular weight is 242 g/mol. The highest BCUT2D eigenvalue weighted by Gasteiger charge is 2.29. The van der Waals surface area contributed by atoms with E-state index in [4.69, 9.17) is 5.11 Å². The van der Waals surface area contributed by atoms with Gasteiger partial charge in [-0.1, -0.05) is 6.92 Å². The molecule has 0 saturated carbocycles. The van der Waals surface area contributed by atoms with Crippen LogP contribution in [0, 0.1) is 5.92 Å². The molecule has 0 aromatic rings. The molecule has 2 N–H and O–H groups in total. The van der Waals surface area contributed by atoms with Crippen LogP contribution in [0.15, 0.2) is 0 Å². The molecule has 2 atom stereocenters. The van der Waals surface area contributed by atoms with Crippen LogP contribution in [0.4, 0.5) is 0 Å². The van der Waals surface area contributed by atoms with E-state index in [1.165, 1.54) is 0 Å². The highest BCUT2D eigenvalue weighted by atomic mass is 16.4. The van der Waals surface area contributed by atoms with Gasteiger partial charge in [0.2, 0.25) is 5.91 Å². The molecule has 1 aliphatic rings. The Balaban J connectivity index is 2.37. The number of carbonyl (C=O) groups excluding carboxylic acids is 1. The molecule has 1 saturated heterocycles. The van der Waals surface area contributed by atoms with E-state index in [1.807, 2.05) is 0 Å². The minimum absolute atomic E-state index is 0.0857. The summed E-state index contributed by atoms with van der Waals surface area (Å²) >= 11 is 0. The molecular formula is C12H22N2O3. The van der Waals surface area contributed by atoms with E-state index in [0.29, 0.717) is 18.9 Å². The topological polar surface area (TPSA) is 69.6 Å². The van der Waals surface area contributed by atoms with Crippen molar-refractivity contribution < 1.29 is 14.7 Å². The van der Waals surface area contributed by atoms with Crippen LogP contribution in [0.3, 0.4) is 0 Å². The van der Waals surface area contributed by atoms with Crippen LogP contribution in [-0.2, 0) is 9.59 Å². The standard InChI is InChI=1S/C12H22N2O3/c1-9-5-3-7-13-11(9)12(17)14(2)8-4-6-10(15)16/h9,11,13H,3-8H2,1-2H3,(H,15,16). The number of piperidine rings is 1. The molecule has 17 heavy (non-hydrogen) atoms. The molecule has 98 valence electrons. The number of hydrogen-bond donors (Lipinski definition) is 2. The monoisotopic (exact) mass is 242 g/mol. The summed E-state index contributed by atoms with van der Waals surface area (Å²) in [6, 6.07) is -0.0985. The van der Waals surface area contributed by atoms with Gasteiger partial charge in [-0.05, 0) is 31.7 Å². The quantitative estimate of drug-likeness (QED) is 0.744. The zero-order valence-corrected chi connectivity index (χ0v) is 10.6. The van der Waals surface area contributed by atoms with Crippen molar-refractivity contribution in [3.05, 3.63) is 0 Å². The molecule has 0 aromatic heterocycles. The van der Waals surface area contributed by atoms with Gasteiger partial charge >= 0.3 is 5.97 Å². The second-order valence-corrected chi connectivity index (χ2v) is 4.81. The van der Waals surface area contributed by atoms with Gasteiger partial charge in [0.1, 0.15) is 0 Å². The molecule has 0 radical (unpaired) electrons. The van der Waals surface area contributed by atoms with Crippen LogP contribution in [0.1, 0.15) is 32.6 Å². The van der Waals surface area contributed by atoms with E-state index in [0.717, 1.165) is 19.4 Å². The zero-order valence-electron chi connectivity index (χ0n) is 10.6. The minimum atomic E-state index is -0.810. The van der Waals surface area contributed by atoms with Crippen molar-refractivity contribution in [3.8, 4) is 0 Å². The SMILES string of the molecule is CC1CCCNC1C(=O)N(C)CCCC(=O)O. The first-order chi connectivity index (χ1) is 8.02. The number of nitrogens with zero attached hydrogens (tertiary/aromatic N) is 1. The highest BCUT2D eigenvalue weighted by Crippen LogP contribution is 2.17. The van der Waals surface area contributed by atoms with Crippen LogP contribution in [0.2, 0.25) is 0 Å². The molecule has 0 aromatic carbocycles. The molecule has 1 amide bonds. The average Bonchev–Trinajstić information content (AvgIpc) is 2.28. The van der Waals surface area contributed by atoms with Crippen molar-refractivity contribution in [3.63, 3.8) is 0 Å². The maximum Gasteiger partial charge on any atom is 0.303 e. The van der Waals surface area contributed by atoms with Crippen LogP contribution in [0.5, 0.6) is 0 Å². The van der Waals surface area contributed by atoms with Crippen molar-refractivity contribution in [1.82, 2.24) is 10.2 Å². The number of rotatable bonds is 5. The van der Waals surface area contributed by atoms with Gasteiger partial charge in [-0.25, -0.2) is 0 Å². The summed E-state index contributed by atoms with van der Waals surface area (Å²) in [6.07, 6.45) is 2.82. The lowest BCUT2D eigenvalue weighted by molar-refractivity contribution is -0.138. The van der Waals surface area contributed by atoms with E-state index < -0.39 is 5.97 Å². The lowest BCUT2D eigenvalue weighted by Crippen LogP contribution is -2.51. The Kier molecular flexibility index (Phi) is 5.41. The Labute approximate surface area is 102 Å².